The first-order chi connectivity index (χ1) is 34.6. The maximum atomic E-state index is 15.7. The van der Waals surface area contributed by atoms with Crippen LogP contribution in [-0.2, 0) is 26.2 Å². The van der Waals surface area contributed by atoms with Crippen molar-refractivity contribution in [2.45, 2.75) is 87.5 Å². The Morgan fingerprint density at radius 2 is 1.72 bits per heavy atom. The third-order valence-electron chi connectivity index (χ3n) is 13.7. The highest BCUT2D eigenvalue weighted by molar-refractivity contribution is 7.89. The van der Waals surface area contributed by atoms with Crippen molar-refractivity contribution < 1.29 is 51.9 Å². The quantitative estimate of drug-likeness (QED) is 0.0320. The second kappa shape index (κ2) is 23.3. The zero-order chi connectivity index (χ0) is 50.0. The number of nitrogens with zero attached hydrogens (tertiary/aromatic N) is 3. The number of para-hydroxylation sites is 1. The molecule has 71 heavy (non-hydrogen) atoms. The van der Waals surface area contributed by atoms with Crippen molar-refractivity contribution in [1.82, 2.24) is 9.29 Å². The zero-order valence-corrected chi connectivity index (χ0v) is 41.4. The molecule has 0 bridgehead atoms. The van der Waals surface area contributed by atoms with E-state index >= 15 is 8.42 Å². The molecule has 2 aliphatic carbocycles. The van der Waals surface area contributed by atoms with Crippen molar-refractivity contribution in [3.63, 3.8) is 0 Å². The van der Waals surface area contributed by atoms with Gasteiger partial charge >= 0.3 is 6.09 Å². The number of hydrogen-bond acceptors (Lipinski definition) is 13. The molecule has 15 nitrogen and oxygen atoms in total. The molecule has 0 saturated heterocycles. The summed E-state index contributed by atoms with van der Waals surface area (Å²) in [7, 11) is -1.33. The van der Waals surface area contributed by atoms with E-state index in [1.165, 1.54) is 11.4 Å². The number of fused-ring (bicyclic) bond motifs is 3. The lowest BCUT2D eigenvalue weighted by Gasteiger charge is -2.59. The standard InChI is InChI=1S/C55H64N4O11S/c1-5-28-59(71(63,64)49-22-14-19-38-20-15-27-56-53(38)49)50-35-46(58-68-36-37-16-8-7-9-17-37)43-32-39(18-10-12-29-60)42(21-11-13-30-61)51-44-33-41(24-26-47(44)70-55(50,52(43)51)67-31-6-2)69-54(62)57-45-25-23-40(65-3)34-48(45)66-4/h6-9,14-17,19-20,22-27,32-34,39,42,50-52,60-61H,2,5,10-13,18,21,28-31,35-36H2,1,3-4H3,(H,57,62)/t39-,42+,50-,51+,52+,55+/m0/s1. The average Bonchev–Trinajstić information content (AvgIpc) is 3.38. The summed E-state index contributed by atoms with van der Waals surface area (Å²) in [4.78, 5) is 24.6. The Kier molecular flexibility index (Phi) is 16.7. The number of carbonyl (C=O) groups is 1. The predicted molar refractivity (Wildman–Crippen MR) is 271 cm³/mol. The second-order valence-electron chi connectivity index (χ2n) is 18.1. The van der Waals surface area contributed by atoms with E-state index in [0.717, 1.165) is 29.5 Å². The Morgan fingerprint density at radius 3 is 2.46 bits per heavy atom. The molecule has 1 amide bonds. The normalized spacial score (nSPS) is 21.9. The van der Waals surface area contributed by atoms with Crippen LogP contribution in [0.15, 0.2) is 138 Å². The van der Waals surface area contributed by atoms with E-state index in [1.807, 2.05) is 55.5 Å². The number of pyridine rings is 1. The Labute approximate surface area is 416 Å². The lowest BCUT2D eigenvalue weighted by molar-refractivity contribution is -0.251. The molecule has 0 unspecified atom stereocenters. The van der Waals surface area contributed by atoms with Crippen LogP contribution in [0.2, 0.25) is 0 Å². The van der Waals surface area contributed by atoms with Crippen LogP contribution in [0.25, 0.3) is 10.9 Å². The van der Waals surface area contributed by atoms with Gasteiger partial charge in [-0.25, -0.2) is 13.2 Å². The molecule has 3 N–H and O–H groups in total. The number of sulfonamides is 1. The van der Waals surface area contributed by atoms with Crippen molar-refractivity contribution in [3.05, 3.63) is 139 Å². The number of methoxy groups -OCH3 is 2. The van der Waals surface area contributed by atoms with Gasteiger partial charge in [-0.15, -0.1) is 6.58 Å². The Hall–Kier alpha value is -6.30. The minimum absolute atomic E-state index is 0.0136. The van der Waals surface area contributed by atoms with Crippen molar-refractivity contribution in [2.75, 3.05) is 45.9 Å². The maximum Gasteiger partial charge on any atom is 0.417 e. The summed E-state index contributed by atoms with van der Waals surface area (Å²) >= 11 is 0. The lowest BCUT2D eigenvalue weighted by Crippen LogP contribution is -2.70. The van der Waals surface area contributed by atoms with Gasteiger partial charge in [0.15, 0.2) is 0 Å². The van der Waals surface area contributed by atoms with Gasteiger partial charge in [-0.1, -0.05) is 85.6 Å². The molecule has 1 aromatic heterocycles. The third-order valence-corrected chi connectivity index (χ3v) is 15.7. The van der Waals surface area contributed by atoms with E-state index in [2.05, 4.69) is 23.0 Å². The van der Waals surface area contributed by atoms with Crippen LogP contribution in [0.5, 0.6) is 23.0 Å². The number of aliphatic hydroxyl groups is 2. The fourth-order valence-corrected chi connectivity index (χ4v) is 12.6. The number of amides is 1. The van der Waals surface area contributed by atoms with Crippen LogP contribution in [0.4, 0.5) is 10.5 Å². The molecule has 1 fully saturated rings. The summed E-state index contributed by atoms with van der Waals surface area (Å²) in [5.74, 6) is -1.40. The zero-order valence-electron chi connectivity index (χ0n) is 40.6. The molecule has 6 atom stereocenters. The molecular formula is C55H64N4O11S. The lowest BCUT2D eigenvalue weighted by atomic mass is 9.55. The minimum Gasteiger partial charge on any atom is -0.497 e. The molecule has 16 heteroatoms. The molecule has 1 aliphatic heterocycles. The van der Waals surface area contributed by atoms with E-state index < -0.39 is 39.8 Å². The van der Waals surface area contributed by atoms with Gasteiger partial charge < -0.3 is 38.7 Å². The average molecular weight is 989 g/mol. The molecule has 1 saturated carbocycles. The fraction of sp³-hybridized carbons (Fsp3) is 0.400. The van der Waals surface area contributed by atoms with Crippen molar-refractivity contribution in [3.8, 4) is 23.0 Å². The van der Waals surface area contributed by atoms with E-state index in [-0.39, 0.29) is 61.9 Å². The van der Waals surface area contributed by atoms with Gasteiger partial charge in [-0.05, 0) is 97.5 Å². The molecule has 0 radical (unpaired) electrons. The number of aliphatic hydroxyl groups excluding tert-OH is 2. The summed E-state index contributed by atoms with van der Waals surface area (Å²) in [5, 5.41) is 28.5. The van der Waals surface area contributed by atoms with Gasteiger partial charge in [0, 0.05) is 55.3 Å². The second-order valence-corrected chi connectivity index (χ2v) is 19.9. The molecule has 3 aliphatic rings. The van der Waals surface area contributed by atoms with Gasteiger partial charge in [0.2, 0.25) is 15.8 Å². The smallest absolute Gasteiger partial charge is 0.417 e. The first-order valence-corrected chi connectivity index (χ1v) is 25.9. The molecule has 2 heterocycles. The van der Waals surface area contributed by atoms with Gasteiger partial charge in [-0.3, -0.25) is 10.3 Å². The molecule has 4 aromatic carbocycles. The number of hydrogen-bond donors (Lipinski definition) is 3. The first-order valence-electron chi connectivity index (χ1n) is 24.4. The Morgan fingerprint density at radius 1 is 0.944 bits per heavy atom. The van der Waals surface area contributed by atoms with Crippen molar-refractivity contribution in [2.24, 2.45) is 22.9 Å². The molecule has 376 valence electrons. The van der Waals surface area contributed by atoms with Crippen LogP contribution >= 0.6 is 0 Å². The Balaban J connectivity index is 1.32. The molecule has 8 rings (SSSR count). The number of benzene rings is 4. The highest BCUT2D eigenvalue weighted by atomic mass is 32.2. The summed E-state index contributed by atoms with van der Waals surface area (Å²) < 4.78 is 64.2. The summed E-state index contributed by atoms with van der Waals surface area (Å²) in [6.07, 6.45) is 9.22. The maximum absolute atomic E-state index is 15.7. The fourth-order valence-electron chi connectivity index (χ4n) is 10.7. The first kappa shape index (κ1) is 51.1. The van der Waals surface area contributed by atoms with Crippen LogP contribution in [0, 0.1) is 17.8 Å². The number of nitrogens with one attached hydrogen (secondary N) is 1. The third kappa shape index (κ3) is 10.8. The van der Waals surface area contributed by atoms with E-state index in [1.54, 1.807) is 67.9 Å². The molecule has 0 spiro atoms. The topological polar surface area (TPSA) is 188 Å². The monoisotopic (exact) mass is 988 g/mol. The number of carbonyl (C=O) groups excluding carboxylic acids is 1. The van der Waals surface area contributed by atoms with Gasteiger partial charge in [0.25, 0.3) is 0 Å². The Bertz CT molecular complexity index is 2820. The van der Waals surface area contributed by atoms with Gasteiger partial charge in [0.05, 0.1) is 49.7 Å². The highest BCUT2D eigenvalue weighted by Gasteiger charge is 2.66. The van der Waals surface area contributed by atoms with Gasteiger partial charge in [-0.2, -0.15) is 4.31 Å². The van der Waals surface area contributed by atoms with Crippen LogP contribution < -0.4 is 24.3 Å². The number of ether oxygens (including phenoxy) is 5. The number of anilines is 1. The number of unbranched alkanes of at least 4 members (excludes halogenated alkanes) is 2. The summed E-state index contributed by atoms with van der Waals surface area (Å²) in [5.41, 5.74) is 3.72. The van der Waals surface area contributed by atoms with E-state index in [9.17, 15) is 15.0 Å². The van der Waals surface area contributed by atoms with E-state index in [0.29, 0.717) is 71.7 Å². The summed E-state index contributed by atoms with van der Waals surface area (Å²) in [6.45, 7) is 6.31. The highest BCUT2D eigenvalue weighted by Crippen LogP contribution is 2.62. The largest absolute Gasteiger partial charge is 0.497 e. The number of allylic oxidation sites excluding steroid dienone is 1. The molecule has 5 aromatic rings. The number of aromatic nitrogens is 1. The van der Waals surface area contributed by atoms with Crippen LogP contribution in [-0.4, -0.2) is 92.1 Å². The van der Waals surface area contributed by atoms with Crippen molar-refractivity contribution >= 4 is 38.4 Å². The number of rotatable bonds is 23. The SMILES string of the molecule is C=CCO[C@@]12Oc3ccc(OC(=O)Nc4ccc(OC)cc4OC)cc3[C@H]3[C@H](CCCCO)[C@@H](CCCCO)C=C(C(=NOCc4ccccc4)C[C@@H]1N(CCC)S(=O)(=O)c1cccc4cccnc14)[C@H]32. The summed E-state index contributed by atoms with van der Waals surface area (Å²) in [6, 6.07) is 27.7. The van der Waals surface area contributed by atoms with Crippen molar-refractivity contribution in [1.29, 1.82) is 0 Å². The number of oxime groups is 1. The van der Waals surface area contributed by atoms with Crippen LogP contribution in [0.3, 0.4) is 0 Å². The van der Waals surface area contributed by atoms with Gasteiger partial charge in [0.1, 0.15) is 34.5 Å². The molecular weight excluding hydrogens is 925 g/mol. The van der Waals surface area contributed by atoms with Crippen LogP contribution in [0.1, 0.15) is 75.3 Å². The van der Waals surface area contributed by atoms with E-state index in [4.69, 9.17) is 33.7 Å². The predicted octanol–water partition coefficient (Wildman–Crippen LogP) is 9.80. The minimum atomic E-state index is -4.37.